The van der Waals surface area contributed by atoms with E-state index in [0.29, 0.717) is 25.3 Å². The van der Waals surface area contributed by atoms with Crippen molar-refractivity contribution >= 4 is 28.2 Å². The van der Waals surface area contributed by atoms with Gasteiger partial charge in [-0.2, -0.15) is 0 Å². The molecule has 0 unspecified atom stereocenters. The number of fused-ring (bicyclic) bond motifs is 1. The number of anilines is 2. The van der Waals surface area contributed by atoms with E-state index in [4.69, 9.17) is 4.74 Å². The van der Waals surface area contributed by atoms with Crippen LogP contribution in [0.1, 0.15) is 22.8 Å². The van der Waals surface area contributed by atoms with Crippen LogP contribution in [0.2, 0.25) is 0 Å². The van der Waals surface area contributed by atoms with E-state index < -0.39 is 0 Å². The minimum Gasteiger partial charge on any atom is -0.378 e. The number of hydrogen-bond acceptors (Lipinski definition) is 4. The average Bonchev–Trinajstić information content (AvgIpc) is 2.78. The molecule has 0 aliphatic carbocycles. The molecule has 0 spiro atoms. The number of rotatable bonds is 4. The lowest BCUT2D eigenvalue weighted by Gasteiger charge is -2.30. The Hall–Kier alpha value is -3.12. The van der Waals surface area contributed by atoms with Crippen molar-refractivity contribution < 1.29 is 9.53 Å². The number of hydrogen-bond donors (Lipinski definition) is 0. The normalized spacial score (nSPS) is 14.2. The third kappa shape index (κ3) is 3.71. The predicted molar refractivity (Wildman–Crippen MR) is 121 cm³/mol. The fraction of sp³-hybridized carbons (Fsp3) is 0.333. The van der Waals surface area contributed by atoms with Crippen LogP contribution >= 0.6 is 0 Å². The Labute approximate surface area is 176 Å². The smallest absolute Gasteiger partial charge is 0.258 e. The molecule has 30 heavy (non-hydrogen) atoms. The number of nitrogens with zero attached hydrogens (tertiary/aromatic N) is 3. The monoisotopic (exact) mass is 405 g/mol. The van der Waals surface area contributed by atoms with E-state index in [0.717, 1.165) is 40.9 Å². The number of ether oxygens (including phenoxy) is 1. The van der Waals surface area contributed by atoms with Gasteiger partial charge in [-0.1, -0.05) is 17.7 Å². The lowest BCUT2D eigenvalue weighted by Crippen LogP contribution is -2.37. The maximum atomic E-state index is 13.0. The summed E-state index contributed by atoms with van der Waals surface area (Å²) in [6.07, 6.45) is 0. The van der Waals surface area contributed by atoms with Gasteiger partial charge in [-0.05, 0) is 44.2 Å². The quantitative estimate of drug-likeness (QED) is 0.667. The minimum atomic E-state index is -0.0604. The summed E-state index contributed by atoms with van der Waals surface area (Å²) in [4.78, 5) is 29.6. The lowest BCUT2D eigenvalue weighted by molar-refractivity contribution is 0.0993. The van der Waals surface area contributed by atoms with Gasteiger partial charge in [0.05, 0.1) is 24.4 Å². The predicted octanol–water partition coefficient (Wildman–Crippen LogP) is 3.44. The number of morpholine rings is 1. The topological polar surface area (TPSA) is 54.8 Å². The second-order valence-corrected chi connectivity index (χ2v) is 7.65. The van der Waals surface area contributed by atoms with E-state index in [1.807, 2.05) is 56.3 Å². The summed E-state index contributed by atoms with van der Waals surface area (Å²) in [7, 11) is 1.79. The van der Waals surface area contributed by atoms with Gasteiger partial charge in [-0.3, -0.25) is 9.59 Å². The summed E-state index contributed by atoms with van der Waals surface area (Å²) in [5.41, 5.74) is 4.28. The fourth-order valence-electron chi connectivity index (χ4n) is 4.05. The molecule has 2 aromatic carbocycles. The molecule has 6 nitrogen and oxygen atoms in total. The van der Waals surface area contributed by atoms with Crippen molar-refractivity contribution in [2.24, 2.45) is 0 Å². The molecule has 156 valence electrons. The first-order valence-electron chi connectivity index (χ1n) is 10.3. The minimum absolute atomic E-state index is 0.0107. The maximum Gasteiger partial charge on any atom is 0.258 e. The van der Waals surface area contributed by atoms with Crippen LogP contribution in [-0.4, -0.2) is 43.8 Å². The molecule has 6 heteroatoms. The van der Waals surface area contributed by atoms with E-state index in [2.05, 4.69) is 4.90 Å². The van der Waals surface area contributed by atoms with E-state index in [9.17, 15) is 9.59 Å². The van der Waals surface area contributed by atoms with E-state index in [1.54, 1.807) is 22.6 Å². The molecular weight excluding hydrogens is 378 g/mol. The van der Waals surface area contributed by atoms with Crippen LogP contribution in [0.3, 0.4) is 0 Å². The van der Waals surface area contributed by atoms with Crippen molar-refractivity contribution in [1.82, 2.24) is 4.57 Å². The summed E-state index contributed by atoms with van der Waals surface area (Å²) in [6.45, 7) is 7.31. The van der Waals surface area contributed by atoms with Crippen molar-refractivity contribution in [2.45, 2.75) is 20.4 Å². The van der Waals surface area contributed by atoms with Crippen LogP contribution < -0.4 is 15.4 Å². The van der Waals surface area contributed by atoms with Crippen LogP contribution in [0.4, 0.5) is 11.4 Å². The largest absolute Gasteiger partial charge is 0.378 e. The Morgan fingerprint density at radius 2 is 1.87 bits per heavy atom. The van der Waals surface area contributed by atoms with Crippen molar-refractivity contribution in [2.75, 3.05) is 43.2 Å². The average molecular weight is 405 g/mol. The molecule has 1 aliphatic heterocycles. The van der Waals surface area contributed by atoms with Crippen molar-refractivity contribution in [1.29, 1.82) is 0 Å². The lowest BCUT2D eigenvalue weighted by atomic mass is 10.1. The molecule has 1 aliphatic rings. The fourth-order valence-corrected chi connectivity index (χ4v) is 4.05. The molecule has 0 bridgehead atoms. The van der Waals surface area contributed by atoms with Crippen molar-refractivity contribution in [3.05, 3.63) is 70.0 Å². The number of carbonyl (C=O) groups excluding carboxylic acids is 1. The summed E-state index contributed by atoms with van der Waals surface area (Å²) in [5, 5.41) is 0.972. The van der Waals surface area contributed by atoms with Crippen LogP contribution in [0, 0.1) is 6.92 Å². The highest BCUT2D eigenvalue weighted by Gasteiger charge is 2.19. The number of aromatic nitrogens is 1. The molecule has 0 radical (unpaired) electrons. The zero-order valence-electron chi connectivity index (χ0n) is 17.7. The molecule has 1 fully saturated rings. The number of benzene rings is 2. The summed E-state index contributed by atoms with van der Waals surface area (Å²) >= 11 is 0. The summed E-state index contributed by atoms with van der Waals surface area (Å²) in [6, 6.07) is 15.2. The number of pyridine rings is 1. The third-order valence-electron chi connectivity index (χ3n) is 5.70. The van der Waals surface area contributed by atoms with Gasteiger partial charge >= 0.3 is 0 Å². The van der Waals surface area contributed by atoms with Crippen LogP contribution in [0.15, 0.2) is 53.3 Å². The van der Waals surface area contributed by atoms with Gasteiger partial charge in [0.25, 0.3) is 11.5 Å². The Balaban J connectivity index is 1.81. The van der Waals surface area contributed by atoms with Gasteiger partial charge < -0.3 is 19.1 Å². The van der Waals surface area contributed by atoms with E-state index in [-0.39, 0.29) is 11.5 Å². The highest BCUT2D eigenvalue weighted by atomic mass is 16.5. The zero-order chi connectivity index (χ0) is 21.3. The molecule has 1 saturated heterocycles. The first-order valence-corrected chi connectivity index (χ1v) is 10.3. The van der Waals surface area contributed by atoms with Crippen LogP contribution in [0.5, 0.6) is 0 Å². The molecule has 1 amide bonds. The SMILES string of the molecule is CCn1c(=O)cc(N2CCOCC2)c2cc(N(C)C(=O)c3cccc(C)c3)ccc21. The summed E-state index contributed by atoms with van der Waals surface area (Å²) < 4.78 is 7.25. The van der Waals surface area contributed by atoms with Gasteiger partial charge in [0, 0.05) is 49.4 Å². The van der Waals surface area contributed by atoms with Crippen LogP contribution in [-0.2, 0) is 11.3 Å². The maximum absolute atomic E-state index is 13.0. The Kier molecular flexibility index (Phi) is 5.59. The standard InChI is InChI=1S/C24H27N3O3/c1-4-27-21-9-8-19(25(3)24(29)18-7-5-6-17(2)14-18)15-20(21)22(16-23(27)28)26-10-12-30-13-11-26/h5-9,14-16H,4,10-13H2,1-3H3. The number of aryl methyl sites for hydroxylation is 2. The molecule has 0 N–H and O–H groups in total. The highest BCUT2D eigenvalue weighted by molar-refractivity contribution is 6.07. The molecule has 2 heterocycles. The van der Waals surface area contributed by atoms with Crippen LogP contribution in [0.25, 0.3) is 10.9 Å². The number of carbonyl (C=O) groups is 1. The molecule has 1 aromatic heterocycles. The molecule has 0 saturated carbocycles. The summed E-state index contributed by atoms with van der Waals surface area (Å²) in [5.74, 6) is -0.0604. The first kappa shape index (κ1) is 20.2. The Bertz CT molecular complexity index is 1150. The molecular formula is C24H27N3O3. The molecule has 0 atom stereocenters. The Morgan fingerprint density at radius 3 is 2.57 bits per heavy atom. The first-order chi connectivity index (χ1) is 14.5. The molecule has 4 rings (SSSR count). The van der Waals surface area contributed by atoms with Crippen molar-refractivity contribution in [3.8, 4) is 0 Å². The van der Waals surface area contributed by atoms with Gasteiger partial charge in [0.1, 0.15) is 0 Å². The third-order valence-corrected chi connectivity index (χ3v) is 5.70. The van der Waals surface area contributed by atoms with Gasteiger partial charge in [-0.15, -0.1) is 0 Å². The second-order valence-electron chi connectivity index (χ2n) is 7.65. The van der Waals surface area contributed by atoms with Gasteiger partial charge in [0.15, 0.2) is 0 Å². The Morgan fingerprint density at radius 1 is 1.10 bits per heavy atom. The van der Waals surface area contributed by atoms with E-state index in [1.165, 1.54) is 0 Å². The van der Waals surface area contributed by atoms with Gasteiger partial charge in [-0.25, -0.2) is 0 Å². The molecule has 3 aromatic rings. The van der Waals surface area contributed by atoms with E-state index >= 15 is 0 Å². The van der Waals surface area contributed by atoms with Crippen molar-refractivity contribution in [3.63, 3.8) is 0 Å². The second kappa shape index (κ2) is 8.32. The highest BCUT2D eigenvalue weighted by Crippen LogP contribution is 2.30. The van der Waals surface area contributed by atoms with Gasteiger partial charge in [0.2, 0.25) is 0 Å². The number of amides is 1. The zero-order valence-corrected chi connectivity index (χ0v) is 17.7.